The minimum atomic E-state index is -0.120. The van der Waals surface area contributed by atoms with Gasteiger partial charge in [-0.05, 0) is 12.1 Å². The molecule has 0 saturated heterocycles. The van der Waals surface area contributed by atoms with Crippen molar-refractivity contribution < 1.29 is 9.03 Å². The fourth-order valence-electron chi connectivity index (χ4n) is 1.45. The van der Waals surface area contributed by atoms with Crippen molar-refractivity contribution in [3.63, 3.8) is 0 Å². The summed E-state index contributed by atoms with van der Waals surface area (Å²) < 4.78 is 10.2. The number of ether oxygens (including phenoxy) is 1. The molecular formula is C12H2Cl8O2. The lowest BCUT2D eigenvalue weighted by Crippen LogP contribution is -1.93. The number of benzene rings is 2. The topological polar surface area (TPSA) is 18.5 Å². The Hall–Kier alpha value is 0.360. The van der Waals surface area contributed by atoms with Crippen molar-refractivity contribution in [1.29, 1.82) is 0 Å². The van der Waals surface area contributed by atoms with Crippen LogP contribution in [-0.4, -0.2) is 0 Å². The van der Waals surface area contributed by atoms with Crippen molar-refractivity contribution in [1.82, 2.24) is 0 Å². The highest BCUT2D eigenvalue weighted by molar-refractivity contribution is 6.53. The van der Waals surface area contributed by atoms with Gasteiger partial charge in [0.25, 0.3) is 0 Å². The van der Waals surface area contributed by atoms with E-state index in [4.69, 9.17) is 97.8 Å². The van der Waals surface area contributed by atoms with Crippen LogP contribution in [-0.2, 0) is 0 Å². The molecule has 10 heteroatoms. The van der Waals surface area contributed by atoms with Gasteiger partial charge in [0, 0.05) is 0 Å². The van der Waals surface area contributed by atoms with Gasteiger partial charge in [-0.15, -0.1) is 0 Å². The van der Waals surface area contributed by atoms with E-state index < -0.39 is 0 Å². The summed E-state index contributed by atoms with van der Waals surface area (Å²) in [6.45, 7) is 0. The van der Waals surface area contributed by atoms with Gasteiger partial charge >= 0.3 is 0 Å². The Balaban J connectivity index is 2.62. The third-order valence-electron chi connectivity index (χ3n) is 2.47. The molecule has 22 heavy (non-hydrogen) atoms. The van der Waals surface area contributed by atoms with Crippen LogP contribution >= 0.6 is 93.1 Å². The fraction of sp³-hybridized carbons (Fsp3) is 0. The molecule has 0 bridgehead atoms. The molecule has 0 unspecified atom stereocenters. The Bertz CT molecular complexity index is 747. The van der Waals surface area contributed by atoms with Crippen LogP contribution in [0.15, 0.2) is 12.1 Å². The van der Waals surface area contributed by atoms with E-state index in [1.54, 1.807) is 0 Å². The molecule has 0 aliphatic heterocycles. The predicted octanol–water partition coefficient (Wildman–Crippen LogP) is 8.59. The zero-order valence-corrected chi connectivity index (χ0v) is 16.0. The zero-order valence-electron chi connectivity index (χ0n) is 9.99. The third-order valence-corrected chi connectivity index (χ3v) is 5.67. The summed E-state index contributed by atoms with van der Waals surface area (Å²) in [6, 6.07) is 2.96. The Morgan fingerprint density at radius 3 is 1.68 bits per heavy atom. The fourth-order valence-corrected chi connectivity index (χ4v) is 3.10. The summed E-state index contributed by atoms with van der Waals surface area (Å²) in [6.07, 6.45) is 0. The molecule has 0 N–H and O–H groups in total. The largest absolute Gasteiger partial charge is 0.450 e. The van der Waals surface area contributed by atoms with Crippen LogP contribution in [0.4, 0.5) is 0 Å². The Kier molecular flexibility index (Phi) is 6.37. The molecular weight excluding hydrogens is 460 g/mol. The smallest absolute Gasteiger partial charge is 0.210 e. The number of hydrogen-bond acceptors (Lipinski definition) is 2. The lowest BCUT2D eigenvalue weighted by Gasteiger charge is -2.15. The molecule has 0 heterocycles. The first-order valence-electron chi connectivity index (χ1n) is 5.25. The molecule has 0 saturated carbocycles. The summed E-state index contributed by atoms with van der Waals surface area (Å²) in [4.78, 5) is 0. The lowest BCUT2D eigenvalue weighted by molar-refractivity contribution is 0.456. The SMILES string of the molecule is ClOc1c(Cl)c(Cl)c(Cl)c(Cl)c1Oc1ccc(Cl)c(Cl)c1Cl. The highest BCUT2D eigenvalue weighted by Crippen LogP contribution is 2.52. The first-order chi connectivity index (χ1) is 10.3. The van der Waals surface area contributed by atoms with E-state index in [1.165, 1.54) is 12.1 Å². The molecule has 0 atom stereocenters. The first-order valence-corrected chi connectivity index (χ1v) is 8.20. The summed E-state index contributed by atoms with van der Waals surface area (Å²) in [5.41, 5.74) is 0. The van der Waals surface area contributed by atoms with E-state index in [0.29, 0.717) is 0 Å². The second kappa shape index (κ2) is 7.50. The third kappa shape index (κ3) is 3.40. The van der Waals surface area contributed by atoms with Crippen LogP contribution in [0.2, 0.25) is 35.2 Å². The maximum Gasteiger partial charge on any atom is 0.210 e. The minimum Gasteiger partial charge on any atom is -0.450 e. The van der Waals surface area contributed by atoms with Gasteiger partial charge in [0.1, 0.15) is 32.7 Å². The lowest BCUT2D eigenvalue weighted by atomic mass is 10.3. The van der Waals surface area contributed by atoms with Gasteiger partial charge in [-0.3, -0.25) is 0 Å². The monoisotopic (exact) mass is 458 g/mol. The second-order valence-electron chi connectivity index (χ2n) is 3.77. The molecule has 0 aromatic heterocycles. The highest BCUT2D eigenvalue weighted by atomic mass is 35.5. The van der Waals surface area contributed by atoms with Crippen LogP contribution in [0.5, 0.6) is 17.2 Å². The maximum absolute atomic E-state index is 6.09. The van der Waals surface area contributed by atoms with Gasteiger partial charge in [-0.1, -0.05) is 81.2 Å². The average Bonchev–Trinajstić information content (AvgIpc) is 2.51. The number of halogens is 8. The van der Waals surface area contributed by atoms with Crippen LogP contribution in [0, 0.1) is 0 Å². The van der Waals surface area contributed by atoms with Gasteiger partial charge in [0.05, 0.1) is 20.1 Å². The molecule has 2 aromatic carbocycles. The van der Waals surface area contributed by atoms with Gasteiger partial charge in [-0.2, -0.15) is 0 Å². The molecule has 2 aromatic rings. The molecule has 0 amide bonds. The Morgan fingerprint density at radius 1 is 0.591 bits per heavy atom. The van der Waals surface area contributed by atoms with E-state index in [2.05, 4.69) is 4.29 Å². The van der Waals surface area contributed by atoms with Gasteiger partial charge in [0.2, 0.25) is 5.75 Å². The van der Waals surface area contributed by atoms with E-state index >= 15 is 0 Å². The minimum absolute atomic E-state index is 0.0306. The molecule has 118 valence electrons. The van der Waals surface area contributed by atoms with E-state index in [0.717, 1.165) is 0 Å². The normalized spacial score (nSPS) is 10.7. The van der Waals surface area contributed by atoms with Crippen molar-refractivity contribution in [2.75, 3.05) is 0 Å². The summed E-state index contributed by atoms with van der Waals surface area (Å²) >= 11 is 47.2. The van der Waals surface area contributed by atoms with Gasteiger partial charge in [-0.25, -0.2) is 0 Å². The Labute approximate surface area is 165 Å². The van der Waals surface area contributed by atoms with Crippen molar-refractivity contribution in [3.05, 3.63) is 47.3 Å². The predicted molar refractivity (Wildman–Crippen MR) is 94.5 cm³/mol. The molecule has 0 aliphatic rings. The molecule has 2 rings (SSSR count). The van der Waals surface area contributed by atoms with Crippen LogP contribution in [0.25, 0.3) is 0 Å². The second-order valence-corrected chi connectivity index (χ2v) is 6.60. The summed E-state index contributed by atoms with van der Waals surface area (Å²) in [5.74, 6) is -0.0522. The average molecular weight is 462 g/mol. The summed E-state index contributed by atoms with van der Waals surface area (Å²) in [7, 11) is 0. The standard InChI is InChI=1S/C12H2Cl8O2/c13-3-1-2-4(6(15)5(3)14)21-11-9(18)7(16)8(17)10(19)12(11)22-20/h1-2H. The highest BCUT2D eigenvalue weighted by Gasteiger charge is 2.25. The van der Waals surface area contributed by atoms with Gasteiger partial charge < -0.3 is 9.03 Å². The van der Waals surface area contributed by atoms with E-state index in [-0.39, 0.29) is 52.4 Å². The maximum atomic E-state index is 6.09. The van der Waals surface area contributed by atoms with Gasteiger partial charge in [0.15, 0.2) is 5.75 Å². The Morgan fingerprint density at radius 2 is 1.14 bits per heavy atom. The van der Waals surface area contributed by atoms with E-state index in [9.17, 15) is 0 Å². The zero-order chi connectivity index (χ0) is 16.6. The number of rotatable bonds is 3. The van der Waals surface area contributed by atoms with Crippen molar-refractivity contribution in [2.24, 2.45) is 0 Å². The van der Waals surface area contributed by atoms with Crippen molar-refractivity contribution >= 4 is 93.1 Å². The number of hydrogen-bond donors (Lipinski definition) is 0. The molecule has 2 nitrogen and oxygen atoms in total. The summed E-state index contributed by atoms with van der Waals surface area (Å²) in [5, 5.41) is 0.232. The van der Waals surface area contributed by atoms with Crippen LogP contribution in [0.3, 0.4) is 0 Å². The van der Waals surface area contributed by atoms with Crippen LogP contribution < -0.4 is 9.03 Å². The van der Waals surface area contributed by atoms with Crippen molar-refractivity contribution in [3.8, 4) is 17.2 Å². The molecule has 0 spiro atoms. The quantitative estimate of drug-likeness (QED) is 0.336. The van der Waals surface area contributed by atoms with Crippen LogP contribution in [0.1, 0.15) is 0 Å². The molecule has 0 fully saturated rings. The molecule has 0 aliphatic carbocycles. The van der Waals surface area contributed by atoms with Crippen molar-refractivity contribution in [2.45, 2.75) is 0 Å². The first kappa shape index (κ1) is 18.7. The van der Waals surface area contributed by atoms with E-state index in [1.807, 2.05) is 0 Å². The molecule has 0 radical (unpaired) electrons.